The van der Waals surface area contributed by atoms with Crippen molar-refractivity contribution in [2.75, 3.05) is 18.5 Å². The Bertz CT molecular complexity index is 676. The summed E-state index contributed by atoms with van der Waals surface area (Å²) in [7, 11) is 0. The van der Waals surface area contributed by atoms with E-state index in [2.05, 4.69) is 29.0 Å². The summed E-state index contributed by atoms with van der Waals surface area (Å²) in [5.41, 5.74) is 1.66. The van der Waals surface area contributed by atoms with Gasteiger partial charge in [-0.15, -0.1) is 0 Å². The Hall–Kier alpha value is -2.34. The third-order valence-electron chi connectivity index (χ3n) is 3.19. The average Bonchev–Trinajstić information content (AvgIpc) is 2.86. The van der Waals surface area contributed by atoms with E-state index >= 15 is 0 Å². The number of hydrogen-bond acceptors (Lipinski definition) is 3. The SMILES string of the molecule is CC(C)Cn1ccc2cc(NC(=O)C(=O)NCCO)ccc21. The fraction of sp³-hybridized carbons (Fsp3) is 0.375. The Kier molecular flexibility index (Phi) is 5.16. The third kappa shape index (κ3) is 3.85. The number of hydrogen-bond donors (Lipinski definition) is 3. The molecule has 118 valence electrons. The van der Waals surface area contributed by atoms with Gasteiger partial charge in [0.25, 0.3) is 0 Å². The summed E-state index contributed by atoms with van der Waals surface area (Å²) in [6.45, 7) is 5.10. The van der Waals surface area contributed by atoms with Crippen molar-refractivity contribution in [2.45, 2.75) is 20.4 Å². The Morgan fingerprint density at radius 2 is 2.00 bits per heavy atom. The predicted molar refractivity (Wildman–Crippen MR) is 85.5 cm³/mol. The minimum absolute atomic E-state index is 0.0589. The van der Waals surface area contributed by atoms with Gasteiger partial charge in [-0.1, -0.05) is 13.8 Å². The monoisotopic (exact) mass is 303 g/mol. The number of nitrogens with one attached hydrogen (secondary N) is 2. The molecule has 0 aliphatic carbocycles. The Morgan fingerprint density at radius 3 is 2.68 bits per heavy atom. The first-order valence-electron chi connectivity index (χ1n) is 7.30. The lowest BCUT2D eigenvalue weighted by Crippen LogP contribution is -2.36. The highest BCUT2D eigenvalue weighted by molar-refractivity contribution is 6.39. The zero-order chi connectivity index (χ0) is 16.1. The molecule has 0 atom stereocenters. The number of aliphatic hydroxyl groups excluding tert-OH is 1. The molecular weight excluding hydrogens is 282 g/mol. The predicted octanol–water partition coefficient (Wildman–Crippen LogP) is 1.34. The van der Waals surface area contributed by atoms with Crippen LogP contribution in [0.3, 0.4) is 0 Å². The van der Waals surface area contributed by atoms with Crippen LogP contribution in [0.25, 0.3) is 10.9 Å². The van der Waals surface area contributed by atoms with Gasteiger partial charge in [0.15, 0.2) is 0 Å². The molecular formula is C16H21N3O3. The minimum atomic E-state index is -0.758. The van der Waals surface area contributed by atoms with Gasteiger partial charge in [-0.2, -0.15) is 0 Å². The second kappa shape index (κ2) is 7.09. The van der Waals surface area contributed by atoms with Crippen LogP contribution < -0.4 is 10.6 Å². The Balaban J connectivity index is 2.10. The topological polar surface area (TPSA) is 83.4 Å². The van der Waals surface area contributed by atoms with Crippen molar-refractivity contribution in [3.05, 3.63) is 30.5 Å². The van der Waals surface area contributed by atoms with Gasteiger partial charge in [-0.3, -0.25) is 9.59 Å². The van der Waals surface area contributed by atoms with Crippen LogP contribution >= 0.6 is 0 Å². The largest absolute Gasteiger partial charge is 0.395 e. The molecule has 0 aliphatic heterocycles. The van der Waals surface area contributed by atoms with Gasteiger partial charge in [0, 0.05) is 35.9 Å². The minimum Gasteiger partial charge on any atom is -0.395 e. The van der Waals surface area contributed by atoms with Crippen LogP contribution in [0, 0.1) is 5.92 Å². The molecule has 0 aliphatic rings. The van der Waals surface area contributed by atoms with Gasteiger partial charge in [-0.25, -0.2) is 0 Å². The number of rotatable bonds is 5. The molecule has 2 aromatic rings. The molecule has 0 saturated heterocycles. The molecule has 0 fully saturated rings. The number of aromatic nitrogens is 1. The second-order valence-corrected chi connectivity index (χ2v) is 5.57. The van der Waals surface area contributed by atoms with E-state index in [0.29, 0.717) is 11.6 Å². The first-order valence-corrected chi connectivity index (χ1v) is 7.30. The van der Waals surface area contributed by atoms with Crippen molar-refractivity contribution < 1.29 is 14.7 Å². The molecule has 0 radical (unpaired) electrons. The van der Waals surface area contributed by atoms with Crippen molar-refractivity contribution in [3.8, 4) is 0 Å². The van der Waals surface area contributed by atoms with Gasteiger partial charge in [0.1, 0.15) is 0 Å². The van der Waals surface area contributed by atoms with Gasteiger partial charge < -0.3 is 20.3 Å². The number of amides is 2. The number of anilines is 1. The third-order valence-corrected chi connectivity index (χ3v) is 3.19. The summed E-state index contributed by atoms with van der Waals surface area (Å²) >= 11 is 0. The van der Waals surface area contributed by atoms with E-state index in [4.69, 9.17) is 5.11 Å². The number of fused-ring (bicyclic) bond motifs is 1. The molecule has 0 saturated carbocycles. The van der Waals surface area contributed by atoms with E-state index in [1.54, 1.807) is 6.07 Å². The van der Waals surface area contributed by atoms with Crippen LogP contribution in [0.4, 0.5) is 5.69 Å². The first kappa shape index (κ1) is 16.0. The fourth-order valence-corrected chi connectivity index (χ4v) is 2.27. The highest BCUT2D eigenvalue weighted by atomic mass is 16.3. The molecule has 1 aromatic heterocycles. The van der Waals surface area contributed by atoms with E-state index in [1.807, 2.05) is 24.4 Å². The van der Waals surface area contributed by atoms with Gasteiger partial charge in [0.05, 0.1) is 6.61 Å². The molecule has 2 amide bonds. The maximum absolute atomic E-state index is 11.7. The molecule has 0 spiro atoms. The van der Waals surface area contributed by atoms with E-state index in [1.165, 1.54) is 0 Å². The Morgan fingerprint density at radius 1 is 1.23 bits per heavy atom. The molecule has 22 heavy (non-hydrogen) atoms. The molecule has 1 heterocycles. The van der Waals surface area contributed by atoms with Crippen LogP contribution in [-0.4, -0.2) is 34.6 Å². The number of aliphatic hydroxyl groups is 1. The zero-order valence-corrected chi connectivity index (χ0v) is 12.8. The van der Waals surface area contributed by atoms with Gasteiger partial charge in [0.2, 0.25) is 0 Å². The summed E-state index contributed by atoms with van der Waals surface area (Å²) in [5.74, 6) is -0.953. The molecule has 0 unspecified atom stereocenters. The van der Waals surface area contributed by atoms with E-state index in [9.17, 15) is 9.59 Å². The maximum Gasteiger partial charge on any atom is 0.313 e. The van der Waals surface area contributed by atoms with Crippen LogP contribution in [0.5, 0.6) is 0 Å². The van der Waals surface area contributed by atoms with Crippen molar-refractivity contribution >= 4 is 28.4 Å². The quantitative estimate of drug-likeness (QED) is 0.729. The standard InChI is InChI=1S/C16H21N3O3/c1-11(2)10-19-7-5-12-9-13(3-4-14(12)19)18-16(22)15(21)17-6-8-20/h3-5,7,9,11,20H,6,8,10H2,1-2H3,(H,17,21)(H,18,22). The van der Waals surface area contributed by atoms with Crippen molar-refractivity contribution in [3.63, 3.8) is 0 Å². The van der Waals surface area contributed by atoms with Crippen molar-refractivity contribution in [1.29, 1.82) is 0 Å². The average molecular weight is 303 g/mol. The van der Waals surface area contributed by atoms with Gasteiger partial charge in [-0.05, 0) is 30.2 Å². The van der Waals surface area contributed by atoms with Crippen LogP contribution in [0.1, 0.15) is 13.8 Å². The number of benzene rings is 1. The molecule has 6 nitrogen and oxygen atoms in total. The molecule has 3 N–H and O–H groups in total. The summed E-state index contributed by atoms with van der Waals surface area (Å²) in [4.78, 5) is 23.2. The zero-order valence-electron chi connectivity index (χ0n) is 12.8. The summed E-state index contributed by atoms with van der Waals surface area (Å²) in [6.07, 6.45) is 2.02. The number of nitrogens with zero attached hydrogens (tertiary/aromatic N) is 1. The van der Waals surface area contributed by atoms with Crippen LogP contribution in [0.15, 0.2) is 30.5 Å². The molecule has 6 heteroatoms. The van der Waals surface area contributed by atoms with Crippen molar-refractivity contribution in [1.82, 2.24) is 9.88 Å². The second-order valence-electron chi connectivity index (χ2n) is 5.57. The van der Waals surface area contributed by atoms with Crippen molar-refractivity contribution in [2.24, 2.45) is 5.92 Å². The number of carbonyl (C=O) groups excluding carboxylic acids is 2. The smallest absolute Gasteiger partial charge is 0.313 e. The number of carbonyl (C=O) groups is 2. The molecule has 0 bridgehead atoms. The highest BCUT2D eigenvalue weighted by Gasteiger charge is 2.13. The lowest BCUT2D eigenvalue weighted by atomic mass is 10.2. The van der Waals surface area contributed by atoms with Gasteiger partial charge >= 0.3 is 11.8 Å². The lowest BCUT2D eigenvalue weighted by Gasteiger charge is -2.09. The lowest BCUT2D eigenvalue weighted by molar-refractivity contribution is -0.136. The summed E-state index contributed by atoms with van der Waals surface area (Å²) in [5, 5.41) is 14.5. The maximum atomic E-state index is 11.7. The summed E-state index contributed by atoms with van der Waals surface area (Å²) < 4.78 is 2.17. The first-order chi connectivity index (χ1) is 10.5. The highest BCUT2D eigenvalue weighted by Crippen LogP contribution is 2.21. The van der Waals surface area contributed by atoms with Crippen LogP contribution in [0.2, 0.25) is 0 Å². The van der Waals surface area contributed by atoms with E-state index in [-0.39, 0.29) is 13.2 Å². The van der Waals surface area contributed by atoms with E-state index in [0.717, 1.165) is 17.4 Å². The molecule has 2 rings (SSSR count). The Labute approximate surface area is 129 Å². The molecule has 1 aromatic carbocycles. The summed E-state index contributed by atoms with van der Waals surface area (Å²) in [6, 6.07) is 7.53. The van der Waals surface area contributed by atoms with E-state index < -0.39 is 11.8 Å². The fourth-order valence-electron chi connectivity index (χ4n) is 2.27. The van der Waals surface area contributed by atoms with Crippen LogP contribution in [-0.2, 0) is 16.1 Å². The normalized spacial score (nSPS) is 10.9.